The van der Waals surface area contributed by atoms with Crippen LogP contribution in [0.2, 0.25) is 0 Å². The summed E-state index contributed by atoms with van der Waals surface area (Å²) in [6.45, 7) is 13.4. The van der Waals surface area contributed by atoms with Crippen molar-refractivity contribution in [1.82, 2.24) is 5.32 Å². The van der Waals surface area contributed by atoms with Crippen LogP contribution < -0.4 is 11.1 Å². The number of rotatable bonds is 40. The molecule has 0 aromatic carbocycles. The first-order valence-electron chi connectivity index (χ1n) is 19.3. The normalized spacial score (nSPS) is 17.8. The summed E-state index contributed by atoms with van der Waals surface area (Å²) < 4.78 is 70.8. The largest absolute Gasteiger partial charge is 0.449 e. The number of ether oxygens (including phenoxy) is 13. The van der Waals surface area contributed by atoms with Crippen LogP contribution in [0.1, 0.15) is 25.7 Å². The van der Waals surface area contributed by atoms with E-state index in [1.165, 1.54) is 0 Å². The van der Waals surface area contributed by atoms with Crippen molar-refractivity contribution in [3.8, 4) is 11.8 Å². The third kappa shape index (κ3) is 30.2. The van der Waals surface area contributed by atoms with Gasteiger partial charge >= 0.3 is 6.09 Å². The lowest BCUT2D eigenvalue weighted by Gasteiger charge is -2.09. The van der Waals surface area contributed by atoms with Crippen molar-refractivity contribution >= 4 is 6.09 Å². The van der Waals surface area contributed by atoms with Gasteiger partial charge in [-0.1, -0.05) is 0 Å². The van der Waals surface area contributed by atoms with E-state index in [0.717, 1.165) is 25.7 Å². The molecule has 0 spiro atoms. The molecule has 0 aliphatic heterocycles. The first-order chi connectivity index (χ1) is 26.3. The van der Waals surface area contributed by atoms with Crippen LogP contribution in [-0.2, 0) is 61.6 Å². The zero-order valence-corrected chi connectivity index (χ0v) is 31.9. The third-order valence-electron chi connectivity index (χ3n) is 8.12. The first kappa shape index (κ1) is 47.5. The van der Waals surface area contributed by atoms with Gasteiger partial charge in [-0.05, 0) is 30.6 Å². The molecule has 2 aliphatic rings. The molecule has 1 fully saturated rings. The van der Waals surface area contributed by atoms with Crippen molar-refractivity contribution in [3.05, 3.63) is 0 Å². The molecule has 2 aliphatic carbocycles. The SMILES string of the molecule is NCCOCCOCCOCCOCCOCCOCCOCCOCCOCCOCCOCCOCCNC(=O)OCC1[C@H]2CCC#CCC[C@@H]12. The summed E-state index contributed by atoms with van der Waals surface area (Å²) in [5.74, 6) is 8.24. The van der Waals surface area contributed by atoms with Gasteiger partial charge in [0, 0.05) is 25.9 Å². The Morgan fingerprint density at radius 1 is 0.453 bits per heavy atom. The molecule has 0 heterocycles. The van der Waals surface area contributed by atoms with Crippen LogP contribution in [-0.4, -0.2) is 184 Å². The Hall–Kier alpha value is -1.69. The lowest BCUT2D eigenvalue weighted by atomic mass is 10.1. The standard InChI is InChI=1S/C37H68N2O14/c38-7-9-41-11-13-43-15-17-45-19-21-47-23-25-49-27-29-51-31-32-52-30-28-50-26-24-48-22-20-46-18-16-44-14-12-42-10-8-39-37(40)53-33-36-34-5-3-1-2-4-6-35(34)36/h34-36H,3-33,38H2,(H,39,40)/t34-,35+,36?. The van der Waals surface area contributed by atoms with Crippen LogP contribution in [0.15, 0.2) is 0 Å². The smallest absolute Gasteiger partial charge is 0.407 e. The molecule has 53 heavy (non-hydrogen) atoms. The number of alkyl carbamates (subject to hydrolysis) is 1. The van der Waals surface area contributed by atoms with Gasteiger partial charge in [0.15, 0.2) is 0 Å². The fraction of sp³-hybridized carbons (Fsp3) is 0.919. The molecule has 1 amide bonds. The molecule has 3 N–H and O–H groups in total. The second-order valence-corrected chi connectivity index (χ2v) is 12.1. The topological polar surface area (TPSA) is 175 Å². The third-order valence-corrected chi connectivity index (χ3v) is 8.12. The highest BCUT2D eigenvalue weighted by Gasteiger charge is 2.49. The Labute approximate surface area is 316 Å². The Bertz CT molecular complexity index is 862. The van der Waals surface area contributed by atoms with E-state index in [2.05, 4.69) is 17.2 Å². The van der Waals surface area contributed by atoms with E-state index in [0.29, 0.717) is 196 Å². The van der Waals surface area contributed by atoms with Crippen molar-refractivity contribution in [2.75, 3.05) is 178 Å². The Morgan fingerprint density at radius 3 is 1.04 bits per heavy atom. The first-order valence-corrected chi connectivity index (χ1v) is 19.3. The average Bonchev–Trinajstić information content (AvgIpc) is 3.81. The van der Waals surface area contributed by atoms with E-state index in [1.807, 2.05) is 0 Å². The fourth-order valence-corrected chi connectivity index (χ4v) is 5.33. The zero-order chi connectivity index (χ0) is 37.5. The second kappa shape index (κ2) is 37.2. The van der Waals surface area contributed by atoms with Crippen LogP contribution in [0, 0.1) is 29.6 Å². The molecule has 16 heteroatoms. The van der Waals surface area contributed by atoms with Gasteiger partial charge in [0.25, 0.3) is 0 Å². The molecule has 1 saturated carbocycles. The Morgan fingerprint density at radius 2 is 0.736 bits per heavy atom. The summed E-state index contributed by atoms with van der Waals surface area (Å²) in [7, 11) is 0. The van der Waals surface area contributed by atoms with E-state index in [1.54, 1.807) is 0 Å². The molecule has 0 saturated heterocycles. The van der Waals surface area contributed by atoms with Crippen molar-refractivity contribution < 1.29 is 66.4 Å². The summed E-state index contributed by atoms with van der Waals surface area (Å²) >= 11 is 0. The Balaban J connectivity index is 1.14. The molecular weight excluding hydrogens is 696 g/mol. The van der Waals surface area contributed by atoms with E-state index < -0.39 is 0 Å². The molecule has 0 aromatic rings. The number of nitrogens with one attached hydrogen (secondary N) is 1. The second-order valence-electron chi connectivity index (χ2n) is 12.1. The number of hydrogen-bond acceptors (Lipinski definition) is 15. The molecule has 1 unspecified atom stereocenters. The number of carbonyl (C=O) groups excluding carboxylic acids is 1. The van der Waals surface area contributed by atoms with Crippen LogP contribution in [0.25, 0.3) is 0 Å². The maximum absolute atomic E-state index is 11.9. The number of fused-ring (bicyclic) bond motifs is 1. The van der Waals surface area contributed by atoms with Gasteiger partial charge in [0.05, 0.1) is 165 Å². The minimum atomic E-state index is -0.381. The lowest BCUT2D eigenvalue weighted by Crippen LogP contribution is -2.29. The van der Waals surface area contributed by atoms with Crippen LogP contribution >= 0.6 is 0 Å². The molecule has 0 aromatic heterocycles. The summed E-state index contributed by atoms with van der Waals surface area (Å²) in [6, 6.07) is 0. The van der Waals surface area contributed by atoms with Crippen molar-refractivity contribution in [2.45, 2.75) is 25.7 Å². The molecule has 2 rings (SSSR count). The highest BCUT2D eigenvalue weighted by atomic mass is 16.6. The summed E-state index contributed by atoms with van der Waals surface area (Å²) in [5, 5.41) is 2.74. The predicted octanol–water partition coefficient (Wildman–Crippen LogP) is 1.31. The Kier molecular flexibility index (Phi) is 33.4. The molecule has 3 atom stereocenters. The van der Waals surface area contributed by atoms with Crippen LogP contribution in [0.5, 0.6) is 0 Å². The average molecular weight is 765 g/mol. The van der Waals surface area contributed by atoms with E-state index in [4.69, 9.17) is 67.3 Å². The van der Waals surface area contributed by atoms with Gasteiger partial charge < -0.3 is 72.6 Å². The highest BCUT2D eigenvalue weighted by Crippen LogP contribution is 2.52. The molecular formula is C37H68N2O14. The lowest BCUT2D eigenvalue weighted by molar-refractivity contribution is -0.0282. The summed E-state index contributed by atoms with van der Waals surface area (Å²) in [5.41, 5.74) is 5.34. The van der Waals surface area contributed by atoms with Gasteiger partial charge in [-0.2, -0.15) is 0 Å². The van der Waals surface area contributed by atoms with Crippen molar-refractivity contribution in [1.29, 1.82) is 0 Å². The van der Waals surface area contributed by atoms with E-state index >= 15 is 0 Å². The zero-order valence-electron chi connectivity index (χ0n) is 31.9. The van der Waals surface area contributed by atoms with Gasteiger partial charge in [-0.3, -0.25) is 0 Å². The number of carbonyl (C=O) groups is 1. The monoisotopic (exact) mass is 764 g/mol. The van der Waals surface area contributed by atoms with Crippen LogP contribution in [0.3, 0.4) is 0 Å². The van der Waals surface area contributed by atoms with Gasteiger partial charge in [-0.25, -0.2) is 4.79 Å². The van der Waals surface area contributed by atoms with Gasteiger partial charge in [0.2, 0.25) is 0 Å². The van der Waals surface area contributed by atoms with Gasteiger partial charge in [0.1, 0.15) is 0 Å². The highest BCUT2D eigenvalue weighted by molar-refractivity contribution is 5.67. The summed E-state index contributed by atoms with van der Waals surface area (Å²) in [6.07, 6.45) is 3.79. The quantitative estimate of drug-likeness (QED) is 0.0675. The minimum absolute atomic E-state index is 0.381. The summed E-state index contributed by atoms with van der Waals surface area (Å²) in [4.78, 5) is 11.9. The molecule has 0 radical (unpaired) electrons. The van der Waals surface area contributed by atoms with E-state index in [9.17, 15) is 4.79 Å². The predicted molar refractivity (Wildman–Crippen MR) is 195 cm³/mol. The maximum atomic E-state index is 11.9. The van der Waals surface area contributed by atoms with Crippen molar-refractivity contribution in [3.63, 3.8) is 0 Å². The van der Waals surface area contributed by atoms with Crippen LogP contribution in [0.4, 0.5) is 4.79 Å². The van der Waals surface area contributed by atoms with Gasteiger partial charge in [-0.15, -0.1) is 11.8 Å². The van der Waals surface area contributed by atoms with Crippen molar-refractivity contribution in [2.24, 2.45) is 23.5 Å². The fourth-order valence-electron chi connectivity index (χ4n) is 5.33. The molecule has 0 bridgehead atoms. The number of hydrogen-bond donors (Lipinski definition) is 2. The maximum Gasteiger partial charge on any atom is 0.407 e. The number of nitrogens with two attached hydrogens (primary N) is 1. The molecule has 310 valence electrons. The van der Waals surface area contributed by atoms with E-state index in [-0.39, 0.29) is 6.09 Å². The minimum Gasteiger partial charge on any atom is -0.449 e. The number of amides is 1. The molecule has 16 nitrogen and oxygen atoms in total.